The molecule has 16 heavy (non-hydrogen) atoms. The van der Waals surface area contributed by atoms with Gasteiger partial charge >= 0.3 is 0 Å². The quantitative estimate of drug-likeness (QED) is 0.811. The summed E-state index contributed by atoms with van der Waals surface area (Å²) in [6, 6.07) is 4.68. The third-order valence-corrected chi connectivity index (χ3v) is 3.91. The molecule has 1 aromatic heterocycles. The second-order valence-corrected chi connectivity index (χ2v) is 6.34. The number of nitrogens with zero attached hydrogens (tertiary/aromatic N) is 1. The predicted molar refractivity (Wildman–Crippen MR) is 75.0 cm³/mol. The van der Waals surface area contributed by atoms with E-state index in [1.165, 1.54) is 6.42 Å². The number of thioether (sulfide) groups is 1. The number of hydrogen-bond donors (Lipinski definition) is 1. The topological polar surface area (TPSA) is 24.9 Å². The summed E-state index contributed by atoms with van der Waals surface area (Å²) in [6.45, 7) is 7.67. The van der Waals surface area contributed by atoms with Gasteiger partial charge in [-0.2, -0.15) is 0 Å². The van der Waals surface area contributed by atoms with Crippen LogP contribution in [0.25, 0.3) is 0 Å². The zero-order chi connectivity index (χ0) is 12.0. The molecule has 0 aliphatic rings. The molecule has 1 aromatic rings. The minimum absolute atomic E-state index is 0.544. The molecule has 2 unspecified atom stereocenters. The Hall–Kier alpha value is -0.0600. The normalized spacial score (nSPS) is 14.8. The lowest BCUT2D eigenvalue weighted by Gasteiger charge is -2.15. The number of rotatable bonds is 6. The van der Waals surface area contributed by atoms with Crippen molar-refractivity contribution in [3.63, 3.8) is 0 Å². The zero-order valence-electron chi connectivity index (χ0n) is 10.0. The Kier molecular flexibility index (Phi) is 6.39. The van der Waals surface area contributed by atoms with Crippen molar-refractivity contribution in [2.45, 2.75) is 43.5 Å². The van der Waals surface area contributed by atoms with Crippen molar-refractivity contribution in [3.8, 4) is 0 Å². The Morgan fingerprint density at radius 1 is 1.44 bits per heavy atom. The van der Waals surface area contributed by atoms with Gasteiger partial charge in [0, 0.05) is 28.5 Å². The smallest absolute Gasteiger partial charge is 0.0963 e. The SMILES string of the molecule is CCC(C)NCC(C)Sc1ccc(Br)cn1. The summed E-state index contributed by atoms with van der Waals surface area (Å²) >= 11 is 5.20. The highest BCUT2D eigenvalue weighted by molar-refractivity contribution is 9.10. The number of pyridine rings is 1. The van der Waals surface area contributed by atoms with E-state index in [0.717, 1.165) is 16.0 Å². The van der Waals surface area contributed by atoms with E-state index in [0.29, 0.717) is 11.3 Å². The molecule has 0 aromatic carbocycles. The van der Waals surface area contributed by atoms with Gasteiger partial charge in [0.2, 0.25) is 0 Å². The van der Waals surface area contributed by atoms with Crippen LogP contribution < -0.4 is 5.32 Å². The van der Waals surface area contributed by atoms with Crippen molar-refractivity contribution in [1.82, 2.24) is 10.3 Å². The molecule has 0 aliphatic carbocycles. The van der Waals surface area contributed by atoms with Crippen LogP contribution in [0, 0.1) is 0 Å². The predicted octanol–water partition coefficient (Wildman–Crippen LogP) is 3.71. The molecule has 2 nitrogen and oxygen atoms in total. The third kappa shape index (κ3) is 5.32. The molecule has 90 valence electrons. The lowest BCUT2D eigenvalue weighted by Crippen LogP contribution is -2.30. The largest absolute Gasteiger partial charge is 0.313 e. The number of nitrogens with one attached hydrogen (secondary N) is 1. The molecule has 0 amide bonds. The molecular weight excluding hydrogens is 284 g/mol. The van der Waals surface area contributed by atoms with Crippen LogP contribution in [0.4, 0.5) is 0 Å². The Bertz CT molecular complexity index is 302. The lowest BCUT2D eigenvalue weighted by molar-refractivity contribution is 0.537. The first-order chi connectivity index (χ1) is 7.61. The Balaban J connectivity index is 2.33. The van der Waals surface area contributed by atoms with Gasteiger partial charge in [-0.25, -0.2) is 4.98 Å². The van der Waals surface area contributed by atoms with Crippen LogP contribution in [0.5, 0.6) is 0 Å². The minimum Gasteiger partial charge on any atom is -0.313 e. The van der Waals surface area contributed by atoms with Crippen LogP contribution in [0.1, 0.15) is 27.2 Å². The molecule has 1 N–H and O–H groups in total. The molecule has 0 saturated carbocycles. The number of halogens is 1. The van der Waals surface area contributed by atoms with E-state index in [2.05, 4.69) is 53.1 Å². The van der Waals surface area contributed by atoms with Crippen molar-refractivity contribution in [2.24, 2.45) is 0 Å². The highest BCUT2D eigenvalue weighted by Gasteiger charge is 2.06. The van der Waals surface area contributed by atoms with Gasteiger partial charge in [-0.1, -0.05) is 13.8 Å². The van der Waals surface area contributed by atoms with Gasteiger partial charge < -0.3 is 5.32 Å². The standard InChI is InChI=1S/C12H19BrN2S/c1-4-9(2)14-7-10(3)16-12-6-5-11(13)8-15-12/h5-6,8-10,14H,4,7H2,1-3H3. The van der Waals surface area contributed by atoms with Crippen LogP contribution in [0.2, 0.25) is 0 Å². The summed E-state index contributed by atoms with van der Waals surface area (Å²) in [4.78, 5) is 4.35. The zero-order valence-corrected chi connectivity index (χ0v) is 12.4. The summed E-state index contributed by atoms with van der Waals surface area (Å²) < 4.78 is 1.03. The van der Waals surface area contributed by atoms with Crippen LogP contribution in [-0.2, 0) is 0 Å². The van der Waals surface area contributed by atoms with Crippen molar-refractivity contribution >= 4 is 27.7 Å². The summed E-state index contributed by atoms with van der Waals surface area (Å²) in [5.41, 5.74) is 0. The molecule has 0 spiro atoms. The molecule has 1 rings (SSSR count). The Labute approximate surface area is 111 Å². The van der Waals surface area contributed by atoms with Gasteiger partial charge in [0.15, 0.2) is 0 Å². The molecule has 2 atom stereocenters. The second-order valence-electron chi connectivity index (χ2n) is 3.96. The fourth-order valence-corrected chi connectivity index (χ4v) is 2.28. The first-order valence-corrected chi connectivity index (χ1v) is 7.30. The monoisotopic (exact) mass is 302 g/mol. The van der Waals surface area contributed by atoms with E-state index in [-0.39, 0.29) is 0 Å². The van der Waals surface area contributed by atoms with E-state index in [1.807, 2.05) is 24.0 Å². The molecule has 1 heterocycles. The molecule has 0 fully saturated rings. The molecule has 0 radical (unpaired) electrons. The fraction of sp³-hybridized carbons (Fsp3) is 0.583. The lowest BCUT2D eigenvalue weighted by atomic mass is 10.2. The third-order valence-electron chi connectivity index (χ3n) is 2.39. The van der Waals surface area contributed by atoms with E-state index in [9.17, 15) is 0 Å². The van der Waals surface area contributed by atoms with E-state index >= 15 is 0 Å². The van der Waals surface area contributed by atoms with Crippen molar-refractivity contribution in [2.75, 3.05) is 6.54 Å². The van der Waals surface area contributed by atoms with Crippen molar-refractivity contribution in [3.05, 3.63) is 22.8 Å². The second kappa shape index (κ2) is 7.30. The summed E-state index contributed by atoms with van der Waals surface area (Å²) in [5.74, 6) is 0. The highest BCUT2D eigenvalue weighted by atomic mass is 79.9. The van der Waals surface area contributed by atoms with Crippen LogP contribution in [0.3, 0.4) is 0 Å². The Morgan fingerprint density at radius 2 is 2.19 bits per heavy atom. The minimum atomic E-state index is 0.544. The van der Waals surface area contributed by atoms with Gasteiger partial charge in [0.25, 0.3) is 0 Å². The molecular formula is C12H19BrN2S. The van der Waals surface area contributed by atoms with Crippen molar-refractivity contribution < 1.29 is 0 Å². The first-order valence-electron chi connectivity index (χ1n) is 5.63. The van der Waals surface area contributed by atoms with Gasteiger partial charge in [0.1, 0.15) is 0 Å². The van der Waals surface area contributed by atoms with Gasteiger partial charge in [-0.15, -0.1) is 11.8 Å². The van der Waals surface area contributed by atoms with Crippen LogP contribution >= 0.6 is 27.7 Å². The van der Waals surface area contributed by atoms with E-state index in [4.69, 9.17) is 0 Å². The maximum atomic E-state index is 4.35. The first kappa shape index (κ1) is 14.0. The molecule has 4 heteroatoms. The van der Waals surface area contributed by atoms with Gasteiger partial charge in [-0.3, -0.25) is 0 Å². The highest BCUT2D eigenvalue weighted by Crippen LogP contribution is 2.21. The number of aromatic nitrogens is 1. The van der Waals surface area contributed by atoms with Crippen LogP contribution in [-0.4, -0.2) is 22.8 Å². The van der Waals surface area contributed by atoms with Gasteiger partial charge in [0.05, 0.1) is 5.03 Å². The fourth-order valence-electron chi connectivity index (χ4n) is 1.19. The van der Waals surface area contributed by atoms with Crippen LogP contribution in [0.15, 0.2) is 27.8 Å². The average molecular weight is 303 g/mol. The molecule has 0 saturated heterocycles. The van der Waals surface area contributed by atoms with E-state index in [1.54, 1.807) is 0 Å². The van der Waals surface area contributed by atoms with Crippen molar-refractivity contribution in [1.29, 1.82) is 0 Å². The Morgan fingerprint density at radius 3 is 2.75 bits per heavy atom. The maximum Gasteiger partial charge on any atom is 0.0963 e. The average Bonchev–Trinajstić information content (AvgIpc) is 2.29. The maximum absolute atomic E-state index is 4.35. The summed E-state index contributed by atoms with van der Waals surface area (Å²) in [7, 11) is 0. The molecule has 0 bridgehead atoms. The van der Waals surface area contributed by atoms with E-state index < -0.39 is 0 Å². The van der Waals surface area contributed by atoms with Gasteiger partial charge in [-0.05, 0) is 41.4 Å². The summed E-state index contributed by atoms with van der Waals surface area (Å²) in [5, 5.41) is 5.13. The summed E-state index contributed by atoms with van der Waals surface area (Å²) in [6.07, 6.45) is 3.02. The number of hydrogen-bond acceptors (Lipinski definition) is 3. The molecule has 0 aliphatic heterocycles.